The number of phenols is 1. The summed E-state index contributed by atoms with van der Waals surface area (Å²) < 4.78 is 3.44. The molecule has 1 heterocycles. The second-order valence-electron chi connectivity index (χ2n) is 11.9. The van der Waals surface area contributed by atoms with Gasteiger partial charge in [-0.05, 0) is 46.7 Å². The van der Waals surface area contributed by atoms with Crippen molar-refractivity contribution in [3.8, 4) is 5.75 Å². The summed E-state index contributed by atoms with van der Waals surface area (Å²) in [6, 6.07) is 18.4. The zero-order valence-electron chi connectivity index (χ0n) is 22.9. The Balaban J connectivity index is 1.86. The number of Topliss-reactive ketones (excluding diaryl/α,β-unsaturated/α-hetero) is 1. The first-order valence-electron chi connectivity index (χ1n) is 12.7. The van der Waals surface area contributed by atoms with Crippen LogP contribution >= 0.6 is 0 Å². The van der Waals surface area contributed by atoms with Gasteiger partial charge in [0.2, 0.25) is 11.5 Å². The predicted octanol–water partition coefficient (Wildman–Crippen LogP) is 5.25. The third-order valence-corrected chi connectivity index (χ3v) is 6.89. The molecule has 0 fully saturated rings. The molecule has 0 unspecified atom stereocenters. The van der Waals surface area contributed by atoms with E-state index in [4.69, 9.17) is 11.1 Å². The lowest BCUT2D eigenvalue weighted by Gasteiger charge is -2.28. The molecule has 0 aliphatic rings. The number of imidazole rings is 1. The van der Waals surface area contributed by atoms with Gasteiger partial charge in [0.15, 0.2) is 5.78 Å². The van der Waals surface area contributed by atoms with Crippen LogP contribution in [0.15, 0.2) is 60.7 Å². The standard InChI is InChI=1S/C31H36N4O3/c1-30(2,3)22-14-21(15-23(27(22)37)31(4,5)6)26(36)18-35-25-16-20(28(32)38)12-13-24(25)34(29(35)33)17-19-10-8-7-9-11-19/h7-16,33,37H,17-18H2,1-6H3,(H2,32,38). The Morgan fingerprint density at radius 1 is 0.816 bits per heavy atom. The van der Waals surface area contributed by atoms with Crippen molar-refractivity contribution in [3.05, 3.63) is 94.1 Å². The van der Waals surface area contributed by atoms with Gasteiger partial charge >= 0.3 is 0 Å². The van der Waals surface area contributed by atoms with Crippen molar-refractivity contribution in [2.24, 2.45) is 5.73 Å². The molecule has 0 aliphatic carbocycles. The number of ketones is 1. The summed E-state index contributed by atoms with van der Waals surface area (Å²) in [5.41, 5.74) is 9.45. The molecule has 7 heteroatoms. The topological polar surface area (TPSA) is 114 Å². The number of hydrogen-bond donors (Lipinski definition) is 3. The highest BCUT2D eigenvalue weighted by atomic mass is 16.3. The first kappa shape index (κ1) is 26.9. The number of amides is 1. The average molecular weight is 513 g/mol. The molecule has 38 heavy (non-hydrogen) atoms. The highest BCUT2D eigenvalue weighted by Gasteiger charge is 2.28. The van der Waals surface area contributed by atoms with Gasteiger partial charge < -0.3 is 20.0 Å². The molecule has 0 spiro atoms. The molecule has 4 rings (SSSR count). The lowest BCUT2D eigenvalue weighted by Crippen LogP contribution is -2.28. The van der Waals surface area contributed by atoms with Gasteiger partial charge in [0, 0.05) is 22.3 Å². The minimum absolute atomic E-state index is 0.0999. The van der Waals surface area contributed by atoms with E-state index in [1.165, 1.54) is 0 Å². The minimum Gasteiger partial charge on any atom is -0.507 e. The number of aromatic nitrogens is 2. The Morgan fingerprint density at radius 3 is 1.92 bits per heavy atom. The van der Waals surface area contributed by atoms with Crippen LogP contribution in [0.2, 0.25) is 0 Å². The molecule has 0 radical (unpaired) electrons. The van der Waals surface area contributed by atoms with E-state index in [0.717, 1.165) is 11.1 Å². The molecule has 0 aliphatic heterocycles. The number of hydrogen-bond acceptors (Lipinski definition) is 4. The van der Waals surface area contributed by atoms with Crippen molar-refractivity contribution in [2.45, 2.75) is 65.5 Å². The number of aromatic hydroxyl groups is 1. The molecule has 0 saturated carbocycles. The third-order valence-electron chi connectivity index (χ3n) is 6.89. The van der Waals surface area contributed by atoms with Crippen molar-refractivity contribution in [2.75, 3.05) is 0 Å². The van der Waals surface area contributed by atoms with Gasteiger partial charge in [-0.3, -0.25) is 15.0 Å². The number of nitrogens with one attached hydrogen (secondary N) is 1. The molecule has 4 aromatic rings. The lowest BCUT2D eigenvalue weighted by atomic mass is 9.78. The van der Waals surface area contributed by atoms with E-state index in [1.807, 2.05) is 76.4 Å². The zero-order valence-corrected chi connectivity index (χ0v) is 22.9. The number of nitrogens with two attached hydrogens (primary N) is 1. The second kappa shape index (κ2) is 9.63. The van der Waals surface area contributed by atoms with E-state index in [9.17, 15) is 14.7 Å². The van der Waals surface area contributed by atoms with Gasteiger partial charge in [0.25, 0.3) is 0 Å². The first-order valence-corrected chi connectivity index (χ1v) is 12.7. The molecule has 198 valence electrons. The summed E-state index contributed by atoms with van der Waals surface area (Å²) in [6.07, 6.45) is 0. The summed E-state index contributed by atoms with van der Waals surface area (Å²) in [5.74, 6) is -0.557. The number of rotatable bonds is 6. The smallest absolute Gasteiger partial charge is 0.248 e. The first-order chi connectivity index (χ1) is 17.7. The molecular weight excluding hydrogens is 476 g/mol. The molecular formula is C31H36N4O3. The van der Waals surface area contributed by atoms with E-state index < -0.39 is 5.91 Å². The minimum atomic E-state index is -0.574. The zero-order chi connectivity index (χ0) is 28.0. The van der Waals surface area contributed by atoms with Crippen molar-refractivity contribution in [1.82, 2.24) is 9.13 Å². The van der Waals surface area contributed by atoms with Crippen LogP contribution in [-0.4, -0.2) is 25.9 Å². The SMILES string of the molecule is CC(C)(C)c1cc(C(=O)Cn2c(=N)n(Cc3ccccc3)c3ccc(C(N)=O)cc32)cc(C(C)(C)C)c1O. The van der Waals surface area contributed by atoms with Gasteiger partial charge in [-0.1, -0.05) is 71.9 Å². The molecule has 4 N–H and O–H groups in total. The van der Waals surface area contributed by atoms with E-state index >= 15 is 0 Å². The largest absolute Gasteiger partial charge is 0.507 e. The Kier molecular flexibility index (Phi) is 6.82. The number of benzene rings is 3. The van der Waals surface area contributed by atoms with Crippen LogP contribution in [0.5, 0.6) is 5.75 Å². The number of carbonyl (C=O) groups excluding carboxylic acids is 2. The summed E-state index contributed by atoms with van der Waals surface area (Å²) >= 11 is 0. The maximum Gasteiger partial charge on any atom is 0.248 e. The normalized spacial score (nSPS) is 12.2. The van der Waals surface area contributed by atoms with Crippen LogP contribution in [0, 0.1) is 5.41 Å². The number of nitrogens with zero attached hydrogens (tertiary/aromatic N) is 2. The van der Waals surface area contributed by atoms with Gasteiger partial charge in [0.05, 0.1) is 24.1 Å². The van der Waals surface area contributed by atoms with Crippen molar-refractivity contribution >= 4 is 22.7 Å². The van der Waals surface area contributed by atoms with E-state index in [1.54, 1.807) is 34.9 Å². The fourth-order valence-electron chi connectivity index (χ4n) is 4.75. The number of phenolic OH excluding ortho intramolecular Hbond substituents is 1. The molecule has 1 amide bonds. The summed E-state index contributed by atoms with van der Waals surface area (Å²) in [5, 5.41) is 20.1. The Morgan fingerprint density at radius 2 is 1.39 bits per heavy atom. The van der Waals surface area contributed by atoms with Crippen molar-refractivity contribution < 1.29 is 14.7 Å². The fourth-order valence-corrected chi connectivity index (χ4v) is 4.75. The van der Waals surface area contributed by atoms with Crippen LogP contribution in [0.4, 0.5) is 0 Å². The van der Waals surface area contributed by atoms with Crippen LogP contribution in [-0.2, 0) is 23.9 Å². The maximum atomic E-state index is 13.8. The lowest BCUT2D eigenvalue weighted by molar-refractivity contribution is 0.0969. The van der Waals surface area contributed by atoms with Gasteiger partial charge in [-0.25, -0.2) is 0 Å². The van der Waals surface area contributed by atoms with Crippen LogP contribution in [0.1, 0.15) is 78.9 Å². The highest BCUT2D eigenvalue weighted by Crippen LogP contribution is 2.40. The molecule has 0 bridgehead atoms. The Bertz CT molecular complexity index is 1560. The van der Waals surface area contributed by atoms with Gasteiger partial charge in [-0.15, -0.1) is 0 Å². The van der Waals surface area contributed by atoms with Crippen molar-refractivity contribution in [3.63, 3.8) is 0 Å². The van der Waals surface area contributed by atoms with E-state index in [-0.39, 0.29) is 34.5 Å². The third kappa shape index (κ3) is 5.14. The molecule has 7 nitrogen and oxygen atoms in total. The average Bonchev–Trinajstić information content (AvgIpc) is 3.08. The van der Waals surface area contributed by atoms with E-state index in [0.29, 0.717) is 34.3 Å². The van der Waals surface area contributed by atoms with Crippen LogP contribution in [0.25, 0.3) is 11.0 Å². The summed E-state index contributed by atoms with van der Waals surface area (Å²) in [6.45, 7) is 12.4. The van der Waals surface area contributed by atoms with E-state index in [2.05, 4.69) is 0 Å². The molecule has 1 aromatic heterocycles. The van der Waals surface area contributed by atoms with Gasteiger partial charge in [0.1, 0.15) is 5.75 Å². The summed E-state index contributed by atoms with van der Waals surface area (Å²) in [7, 11) is 0. The number of fused-ring (bicyclic) bond motifs is 1. The molecule has 3 aromatic carbocycles. The molecule has 0 saturated heterocycles. The number of primary amides is 1. The Hall–Kier alpha value is -4.13. The van der Waals surface area contributed by atoms with Crippen molar-refractivity contribution in [1.29, 1.82) is 5.41 Å². The molecule has 0 atom stereocenters. The van der Waals surface area contributed by atoms with Crippen LogP contribution < -0.4 is 11.4 Å². The Labute approximate surface area is 223 Å². The number of carbonyl (C=O) groups is 2. The van der Waals surface area contributed by atoms with Crippen LogP contribution in [0.3, 0.4) is 0 Å². The predicted molar refractivity (Wildman–Crippen MR) is 150 cm³/mol. The maximum absolute atomic E-state index is 13.8. The second-order valence-corrected chi connectivity index (χ2v) is 11.9. The quantitative estimate of drug-likeness (QED) is 0.306. The fraction of sp³-hybridized carbons (Fsp3) is 0.323. The van der Waals surface area contributed by atoms with Gasteiger partial charge in [-0.2, -0.15) is 0 Å². The monoisotopic (exact) mass is 512 g/mol. The summed E-state index contributed by atoms with van der Waals surface area (Å²) in [4.78, 5) is 25.7. The highest BCUT2D eigenvalue weighted by molar-refractivity contribution is 5.99.